The third kappa shape index (κ3) is 1.24. The van der Waals surface area contributed by atoms with Gasteiger partial charge in [0.25, 0.3) is 0 Å². The molecule has 0 saturated heterocycles. The number of hydrogen-bond donors (Lipinski definition) is 0. The Kier molecular flexibility index (Phi) is 1.88. The van der Waals surface area contributed by atoms with E-state index in [4.69, 9.17) is 17.0 Å². The van der Waals surface area contributed by atoms with Gasteiger partial charge in [0.05, 0.1) is 0 Å². The Bertz CT molecular complexity index is 500. The van der Waals surface area contributed by atoms with Gasteiger partial charge in [0, 0.05) is 11.5 Å². The number of hydrogen-bond acceptors (Lipinski definition) is 1. The summed E-state index contributed by atoms with van der Waals surface area (Å²) in [6.45, 7) is 0. The molecule has 0 fully saturated rings. The molecule has 13 heavy (non-hydrogen) atoms. The van der Waals surface area contributed by atoms with Crippen molar-refractivity contribution in [3.05, 3.63) is 46.4 Å². The molecule has 2 aromatic rings. The fourth-order valence-electron chi connectivity index (χ4n) is 1.30. The maximum Gasteiger partial charge on any atom is 0.404 e. The predicted octanol–water partition coefficient (Wildman–Crippen LogP) is 3.98. The molecular weight excluding hydrogens is 184 g/mol. The first kappa shape index (κ1) is 8.03. The Balaban J connectivity index is 2.89. The summed E-state index contributed by atoms with van der Waals surface area (Å²) in [5.41, 5.74) is 0.403. The van der Waals surface area contributed by atoms with Crippen molar-refractivity contribution < 1.29 is 0 Å². The Hall–Kier alpha value is -1.59. The monoisotopic (exact) mass is 189 g/mol. The van der Waals surface area contributed by atoms with Crippen LogP contribution in [0.1, 0.15) is 0 Å². The van der Waals surface area contributed by atoms with Gasteiger partial charge in [-0.2, -0.15) is 0 Å². The average molecular weight is 190 g/mol. The first-order valence-corrected chi connectivity index (χ1v) is 4.23. The van der Waals surface area contributed by atoms with Crippen molar-refractivity contribution in [1.29, 1.82) is 5.39 Å². The fourth-order valence-corrected chi connectivity index (χ4v) is 1.57. The molecule has 0 aliphatic rings. The average Bonchev–Trinajstić information content (AvgIpc) is 2.19. The van der Waals surface area contributed by atoms with E-state index in [-0.39, 0.29) is 0 Å². The summed E-state index contributed by atoms with van der Waals surface area (Å²) in [5, 5.41) is 11.0. The second-order valence-electron chi connectivity index (χ2n) is 2.72. The molecule has 0 heterocycles. The molecule has 2 nitrogen and oxygen atoms in total. The van der Waals surface area contributed by atoms with E-state index in [9.17, 15) is 0 Å². The smallest absolute Gasteiger partial charge is 0.0748 e. The molecule has 2 rings (SSSR count). The van der Waals surface area contributed by atoms with E-state index in [1.54, 1.807) is 6.07 Å². The largest absolute Gasteiger partial charge is 0.404 e. The molecule has 0 amide bonds. The molecule has 3 heteroatoms. The molecule has 0 spiro atoms. The molecule has 0 saturated carbocycles. The van der Waals surface area contributed by atoms with Crippen LogP contribution in [0, 0.1) is 5.39 Å². The minimum absolute atomic E-state index is 0.403. The first-order valence-electron chi connectivity index (χ1n) is 3.85. The number of halogens is 1. The van der Waals surface area contributed by atoms with Gasteiger partial charge < -0.3 is 0 Å². The van der Waals surface area contributed by atoms with E-state index >= 15 is 0 Å². The maximum absolute atomic E-state index is 8.62. The highest BCUT2D eigenvalue weighted by Gasteiger charge is 2.13. The second-order valence-corrected chi connectivity index (χ2v) is 3.10. The molecule has 0 aromatic heterocycles. The number of benzene rings is 2. The van der Waals surface area contributed by atoms with Crippen LogP contribution in [0.5, 0.6) is 0 Å². The highest BCUT2D eigenvalue weighted by molar-refractivity contribution is 6.38. The lowest BCUT2D eigenvalue weighted by atomic mass is 10.1. The van der Waals surface area contributed by atoms with Crippen molar-refractivity contribution in [3.63, 3.8) is 0 Å². The molecular formula is C10H6ClN2+. The minimum Gasteiger partial charge on any atom is -0.0748 e. The summed E-state index contributed by atoms with van der Waals surface area (Å²) in [4.78, 5) is 3.09. The first-order chi connectivity index (χ1) is 6.33. The van der Waals surface area contributed by atoms with Gasteiger partial charge in [-0.25, -0.2) is 0 Å². The summed E-state index contributed by atoms with van der Waals surface area (Å²) in [6.07, 6.45) is 0. The lowest BCUT2D eigenvalue weighted by Crippen LogP contribution is -1.73. The lowest BCUT2D eigenvalue weighted by molar-refractivity contribution is 1.47. The highest BCUT2D eigenvalue weighted by Crippen LogP contribution is 2.32. The Morgan fingerprint density at radius 2 is 1.85 bits per heavy atom. The maximum atomic E-state index is 8.62. The topological polar surface area (TPSA) is 28.1 Å². The van der Waals surface area contributed by atoms with Crippen molar-refractivity contribution in [2.45, 2.75) is 0 Å². The SMILES string of the molecule is N#[N+]c1ccc2ccccc2c1Cl. The van der Waals surface area contributed by atoms with Gasteiger partial charge in [0.15, 0.2) is 4.98 Å². The Morgan fingerprint density at radius 3 is 2.62 bits per heavy atom. The Morgan fingerprint density at radius 1 is 1.08 bits per heavy atom. The number of nitrogens with zero attached hydrogens (tertiary/aromatic N) is 2. The summed E-state index contributed by atoms with van der Waals surface area (Å²) in [6, 6.07) is 11.2. The van der Waals surface area contributed by atoms with Crippen molar-refractivity contribution in [2.75, 3.05) is 0 Å². The number of diazo groups is 1. The number of fused-ring (bicyclic) bond motifs is 1. The summed E-state index contributed by atoms with van der Waals surface area (Å²) in [7, 11) is 0. The van der Waals surface area contributed by atoms with Crippen molar-refractivity contribution in [3.8, 4) is 0 Å². The molecule has 62 valence electrons. The molecule has 2 aromatic carbocycles. The van der Waals surface area contributed by atoms with E-state index in [1.165, 1.54) is 0 Å². The van der Waals surface area contributed by atoms with E-state index in [0.717, 1.165) is 10.8 Å². The van der Waals surface area contributed by atoms with Gasteiger partial charge in [0.2, 0.25) is 5.39 Å². The van der Waals surface area contributed by atoms with Crippen LogP contribution in [-0.4, -0.2) is 0 Å². The van der Waals surface area contributed by atoms with E-state index in [0.29, 0.717) is 10.7 Å². The van der Waals surface area contributed by atoms with Gasteiger partial charge in [-0.1, -0.05) is 35.9 Å². The third-order valence-electron chi connectivity index (χ3n) is 1.95. The minimum atomic E-state index is 0.403. The summed E-state index contributed by atoms with van der Waals surface area (Å²) in [5.74, 6) is 0. The lowest BCUT2D eigenvalue weighted by Gasteiger charge is -1.95. The second kappa shape index (κ2) is 3.04. The molecule has 0 unspecified atom stereocenters. The van der Waals surface area contributed by atoms with Crippen molar-refractivity contribution >= 4 is 28.1 Å². The van der Waals surface area contributed by atoms with E-state index < -0.39 is 0 Å². The number of rotatable bonds is 0. The summed E-state index contributed by atoms with van der Waals surface area (Å²) >= 11 is 5.99. The van der Waals surface area contributed by atoms with Crippen LogP contribution >= 0.6 is 11.6 Å². The van der Waals surface area contributed by atoms with Gasteiger partial charge >= 0.3 is 5.69 Å². The van der Waals surface area contributed by atoms with Gasteiger partial charge in [-0.05, 0) is 11.5 Å². The van der Waals surface area contributed by atoms with Crippen LogP contribution in [0.25, 0.3) is 15.7 Å². The van der Waals surface area contributed by atoms with Gasteiger partial charge in [-0.15, -0.1) is 0 Å². The molecule has 0 aliphatic carbocycles. The van der Waals surface area contributed by atoms with Crippen LogP contribution in [0.2, 0.25) is 5.02 Å². The zero-order valence-electron chi connectivity index (χ0n) is 6.74. The zero-order chi connectivity index (χ0) is 9.26. The van der Waals surface area contributed by atoms with Gasteiger partial charge in [-0.3, -0.25) is 0 Å². The Labute approximate surface area is 80.4 Å². The van der Waals surface area contributed by atoms with Crippen LogP contribution in [0.3, 0.4) is 0 Å². The van der Waals surface area contributed by atoms with Crippen LogP contribution in [0.4, 0.5) is 5.69 Å². The molecule has 0 atom stereocenters. The standard InChI is InChI=1S/C10H6ClN2/c11-10-8-4-2-1-3-7(8)5-6-9(10)13-12/h1-6H/q+1. The van der Waals surface area contributed by atoms with Crippen LogP contribution in [-0.2, 0) is 0 Å². The van der Waals surface area contributed by atoms with Gasteiger partial charge in [0.1, 0.15) is 5.02 Å². The van der Waals surface area contributed by atoms with E-state index in [1.807, 2.05) is 30.3 Å². The molecule has 0 radical (unpaired) electrons. The summed E-state index contributed by atoms with van der Waals surface area (Å²) < 4.78 is 0. The fraction of sp³-hybridized carbons (Fsp3) is 0. The van der Waals surface area contributed by atoms with Crippen LogP contribution in [0.15, 0.2) is 36.4 Å². The molecule has 0 N–H and O–H groups in total. The van der Waals surface area contributed by atoms with Crippen molar-refractivity contribution in [1.82, 2.24) is 0 Å². The normalized spacial score (nSPS) is 9.85. The van der Waals surface area contributed by atoms with Crippen LogP contribution < -0.4 is 0 Å². The third-order valence-corrected chi connectivity index (χ3v) is 2.35. The molecule has 0 bridgehead atoms. The quantitative estimate of drug-likeness (QED) is 0.576. The van der Waals surface area contributed by atoms with Crippen molar-refractivity contribution in [2.24, 2.45) is 0 Å². The predicted molar refractivity (Wildman–Crippen MR) is 53.7 cm³/mol. The highest BCUT2D eigenvalue weighted by atomic mass is 35.5. The van der Waals surface area contributed by atoms with E-state index in [2.05, 4.69) is 4.98 Å². The zero-order valence-corrected chi connectivity index (χ0v) is 7.49. The molecule has 0 aliphatic heterocycles.